The van der Waals surface area contributed by atoms with Gasteiger partial charge in [-0.25, -0.2) is 0 Å². The van der Waals surface area contributed by atoms with Crippen LogP contribution in [0.2, 0.25) is 0 Å². The lowest BCUT2D eigenvalue weighted by atomic mass is 9.97. The first-order valence-electron chi connectivity index (χ1n) is 7.70. The molecule has 6 nitrogen and oxygen atoms in total. The Morgan fingerprint density at radius 3 is 2.82 bits per heavy atom. The van der Waals surface area contributed by atoms with E-state index in [1.807, 2.05) is 18.2 Å². The van der Waals surface area contributed by atoms with Crippen LogP contribution < -0.4 is 14.2 Å². The molecule has 1 aromatic carbocycles. The van der Waals surface area contributed by atoms with Crippen molar-refractivity contribution in [3.05, 3.63) is 18.2 Å². The van der Waals surface area contributed by atoms with E-state index in [9.17, 15) is 4.79 Å². The number of hydrogen-bond donors (Lipinski definition) is 1. The van der Waals surface area contributed by atoms with Crippen molar-refractivity contribution in [2.75, 3.05) is 33.0 Å². The maximum atomic E-state index is 10.9. The maximum Gasteiger partial charge on any atom is 0.306 e. The van der Waals surface area contributed by atoms with Crippen molar-refractivity contribution in [2.24, 2.45) is 5.92 Å². The zero-order chi connectivity index (χ0) is 15.4. The summed E-state index contributed by atoms with van der Waals surface area (Å²) in [6.07, 6.45) is 2.42. The molecule has 6 heteroatoms. The summed E-state index contributed by atoms with van der Waals surface area (Å²) in [5.41, 5.74) is 0. The van der Waals surface area contributed by atoms with Crippen LogP contribution in [0.4, 0.5) is 0 Å². The normalized spacial score (nSPS) is 18.4. The van der Waals surface area contributed by atoms with Gasteiger partial charge < -0.3 is 24.2 Å². The molecule has 2 aliphatic heterocycles. The van der Waals surface area contributed by atoms with Crippen molar-refractivity contribution >= 4 is 5.97 Å². The highest BCUT2D eigenvalue weighted by Crippen LogP contribution is 2.35. The topological polar surface area (TPSA) is 68.2 Å². The van der Waals surface area contributed by atoms with Gasteiger partial charge in [0.1, 0.15) is 5.75 Å². The number of piperidine rings is 1. The zero-order valence-electron chi connectivity index (χ0n) is 12.5. The number of carboxylic acid groups (broad SMARTS) is 1. The predicted octanol–water partition coefficient (Wildman–Crippen LogP) is 1.98. The van der Waals surface area contributed by atoms with E-state index >= 15 is 0 Å². The average Bonchev–Trinajstić information content (AvgIpc) is 2.99. The lowest BCUT2D eigenvalue weighted by molar-refractivity contribution is -0.143. The minimum atomic E-state index is -0.661. The fourth-order valence-corrected chi connectivity index (χ4v) is 2.85. The minimum absolute atomic E-state index is 0.166. The number of aliphatic carboxylic acids is 1. The molecule has 1 aromatic rings. The van der Waals surface area contributed by atoms with E-state index in [1.165, 1.54) is 0 Å². The number of likely N-dealkylation sites (tertiary alicyclic amines) is 1. The largest absolute Gasteiger partial charge is 0.493 e. The first kappa shape index (κ1) is 15.0. The van der Waals surface area contributed by atoms with Crippen LogP contribution in [0.25, 0.3) is 0 Å². The van der Waals surface area contributed by atoms with Crippen molar-refractivity contribution < 1.29 is 24.1 Å². The molecule has 0 bridgehead atoms. The SMILES string of the molecule is O=C(O)C1CCN(CCCOc2ccc3c(c2)OCO3)CC1. The number of rotatable bonds is 6. The van der Waals surface area contributed by atoms with Gasteiger partial charge in [0.25, 0.3) is 0 Å². The number of carboxylic acids is 1. The number of nitrogens with zero attached hydrogens (tertiary/aromatic N) is 1. The van der Waals surface area contributed by atoms with Gasteiger partial charge in [0.2, 0.25) is 6.79 Å². The smallest absolute Gasteiger partial charge is 0.306 e. The van der Waals surface area contributed by atoms with Gasteiger partial charge in [-0.1, -0.05) is 0 Å². The molecule has 0 spiro atoms. The second kappa shape index (κ2) is 6.87. The molecule has 0 aliphatic carbocycles. The summed E-state index contributed by atoms with van der Waals surface area (Å²) in [4.78, 5) is 13.2. The summed E-state index contributed by atoms with van der Waals surface area (Å²) in [5, 5.41) is 8.97. The molecular weight excluding hydrogens is 286 g/mol. The van der Waals surface area contributed by atoms with Crippen LogP contribution in [0.15, 0.2) is 18.2 Å². The predicted molar refractivity (Wildman–Crippen MR) is 79.5 cm³/mol. The molecule has 1 N–H and O–H groups in total. The second-order valence-corrected chi connectivity index (χ2v) is 5.67. The van der Waals surface area contributed by atoms with Crippen molar-refractivity contribution in [1.29, 1.82) is 0 Å². The van der Waals surface area contributed by atoms with Crippen LogP contribution in [-0.2, 0) is 4.79 Å². The molecule has 3 rings (SSSR count). The van der Waals surface area contributed by atoms with Crippen LogP contribution in [0.1, 0.15) is 19.3 Å². The third-order valence-electron chi connectivity index (χ3n) is 4.17. The molecular formula is C16H21NO5. The van der Waals surface area contributed by atoms with Gasteiger partial charge in [-0.05, 0) is 44.5 Å². The molecule has 0 radical (unpaired) electrons. The Labute approximate surface area is 129 Å². The average molecular weight is 307 g/mol. The Balaban J connectivity index is 1.35. The Bertz CT molecular complexity index is 525. The summed E-state index contributed by atoms with van der Waals surface area (Å²) >= 11 is 0. The van der Waals surface area contributed by atoms with Gasteiger partial charge in [-0.2, -0.15) is 0 Å². The van der Waals surface area contributed by atoms with Gasteiger partial charge in [-0.3, -0.25) is 4.79 Å². The molecule has 0 amide bonds. The van der Waals surface area contributed by atoms with Gasteiger partial charge in [0, 0.05) is 12.6 Å². The third-order valence-corrected chi connectivity index (χ3v) is 4.17. The minimum Gasteiger partial charge on any atom is -0.493 e. The van der Waals surface area contributed by atoms with E-state index in [1.54, 1.807) is 0 Å². The lowest BCUT2D eigenvalue weighted by Crippen LogP contribution is -2.37. The molecule has 1 fully saturated rings. The van der Waals surface area contributed by atoms with Crippen molar-refractivity contribution in [3.8, 4) is 17.2 Å². The molecule has 22 heavy (non-hydrogen) atoms. The molecule has 2 aliphatic rings. The van der Waals surface area contributed by atoms with Crippen molar-refractivity contribution in [3.63, 3.8) is 0 Å². The van der Waals surface area contributed by atoms with Gasteiger partial charge >= 0.3 is 5.97 Å². The monoisotopic (exact) mass is 307 g/mol. The maximum absolute atomic E-state index is 10.9. The van der Waals surface area contributed by atoms with Crippen LogP contribution >= 0.6 is 0 Å². The van der Waals surface area contributed by atoms with E-state index in [-0.39, 0.29) is 12.7 Å². The Kier molecular flexibility index (Phi) is 4.68. The summed E-state index contributed by atoms with van der Waals surface area (Å²) in [6.45, 7) is 3.57. The molecule has 0 atom stereocenters. The third kappa shape index (κ3) is 3.62. The van der Waals surface area contributed by atoms with Gasteiger partial charge in [0.15, 0.2) is 11.5 Å². The van der Waals surface area contributed by atoms with Crippen LogP contribution in [0, 0.1) is 5.92 Å². The fourth-order valence-electron chi connectivity index (χ4n) is 2.85. The zero-order valence-corrected chi connectivity index (χ0v) is 12.5. The second-order valence-electron chi connectivity index (χ2n) is 5.67. The summed E-state index contributed by atoms with van der Waals surface area (Å²) < 4.78 is 16.3. The first-order chi connectivity index (χ1) is 10.7. The molecule has 120 valence electrons. The Morgan fingerprint density at radius 2 is 2.05 bits per heavy atom. The van der Waals surface area contributed by atoms with Crippen LogP contribution in [0.3, 0.4) is 0 Å². The van der Waals surface area contributed by atoms with E-state index in [0.29, 0.717) is 6.61 Å². The number of hydrogen-bond acceptors (Lipinski definition) is 5. The fraction of sp³-hybridized carbons (Fsp3) is 0.562. The molecule has 2 heterocycles. The summed E-state index contributed by atoms with van der Waals surface area (Å²) in [6, 6.07) is 5.58. The lowest BCUT2D eigenvalue weighted by Gasteiger charge is -2.29. The number of benzene rings is 1. The standard InChI is InChI=1S/C16H21NO5/c18-16(19)12-4-7-17(8-5-12)6-1-9-20-13-2-3-14-15(10-13)22-11-21-14/h2-3,10,12H,1,4-9,11H2,(H,18,19). The van der Waals surface area contributed by atoms with Gasteiger partial charge in [0.05, 0.1) is 12.5 Å². The molecule has 0 aromatic heterocycles. The molecule has 0 saturated carbocycles. The number of carbonyl (C=O) groups is 1. The number of ether oxygens (including phenoxy) is 3. The van der Waals surface area contributed by atoms with E-state index < -0.39 is 5.97 Å². The van der Waals surface area contributed by atoms with Gasteiger partial charge in [-0.15, -0.1) is 0 Å². The van der Waals surface area contributed by atoms with Crippen LogP contribution in [0.5, 0.6) is 17.2 Å². The van der Waals surface area contributed by atoms with Crippen molar-refractivity contribution in [2.45, 2.75) is 19.3 Å². The summed E-state index contributed by atoms with van der Waals surface area (Å²) in [7, 11) is 0. The highest BCUT2D eigenvalue weighted by atomic mass is 16.7. The first-order valence-corrected chi connectivity index (χ1v) is 7.70. The highest BCUT2D eigenvalue weighted by molar-refractivity contribution is 5.70. The van der Waals surface area contributed by atoms with E-state index in [2.05, 4.69) is 4.90 Å². The Morgan fingerprint density at radius 1 is 1.27 bits per heavy atom. The molecule has 1 saturated heterocycles. The summed E-state index contributed by atoms with van der Waals surface area (Å²) in [5.74, 6) is 1.45. The Hall–Kier alpha value is -1.95. The van der Waals surface area contributed by atoms with Crippen LogP contribution in [-0.4, -0.2) is 49.0 Å². The van der Waals surface area contributed by atoms with E-state index in [4.69, 9.17) is 19.3 Å². The highest BCUT2D eigenvalue weighted by Gasteiger charge is 2.23. The quantitative estimate of drug-likeness (QED) is 0.811. The van der Waals surface area contributed by atoms with E-state index in [0.717, 1.165) is 56.1 Å². The van der Waals surface area contributed by atoms with Crippen molar-refractivity contribution in [1.82, 2.24) is 4.90 Å². The number of fused-ring (bicyclic) bond motifs is 1. The molecule has 0 unspecified atom stereocenters.